The molecule has 2 N–H and O–H groups in total. The molecule has 0 rings (SSSR count). The number of amides is 1. The number of Topliss-reactive ketones (excluding diaryl/α,β-unsaturated/α-hetero) is 1. The summed E-state index contributed by atoms with van der Waals surface area (Å²) in [6.07, 6.45) is -0.878. The molecule has 0 spiro atoms. The molecule has 0 fully saturated rings. The smallest absolute Gasteiger partial charge is 0.308 e. The molecule has 0 radical (unpaired) electrons. The molecular formula is C15H27NO6S. The molecule has 0 aliphatic rings. The Balaban J connectivity index is 0. The molecule has 23 heavy (non-hydrogen) atoms. The predicted molar refractivity (Wildman–Crippen MR) is 89.4 cm³/mol. The van der Waals surface area contributed by atoms with E-state index < -0.39 is 35.6 Å². The Morgan fingerprint density at radius 3 is 1.91 bits per heavy atom. The molecule has 0 aliphatic heterocycles. The molecule has 8 heteroatoms. The zero-order chi connectivity index (χ0) is 17.4. The van der Waals surface area contributed by atoms with E-state index in [0.717, 1.165) is 0 Å². The quantitative estimate of drug-likeness (QED) is 0.607. The van der Waals surface area contributed by atoms with Crippen LogP contribution in [-0.4, -0.2) is 40.9 Å². The molecule has 1 amide bonds. The maximum Gasteiger partial charge on any atom is 0.308 e. The number of carbonyl (C=O) groups is 4. The summed E-state index contributed by atoms with van der Waals surface area (Å²) in [7, 11) is 0. The summed E-state index contributed by atoms with van der Waals surface area (Å²) < 4.78 is 4.95. The molecule has 134 valence electrons. The van der Waals surface area contributed by atoms with E-state index in [1.807, 2.05) is 0 Å². The summed E-state index contributed by atoms with van der Waals surface area (Å²) in [4.78, 5) is 46.2. The van der Waals surface area contributed by atoms with Gasteiger partial charge in [0, 0.05) is 13.3 Å². The SMILES string of the molecule is CC(=O)NC(CC(=O)OC(C)C)C(=O)CC(C(=O)O)C(C)C.S. The van der Waals surface area contributed by atoms with Gasteiger partial charge in [-0.1, -0.05) is 13.8 Å². The molecule has 0 aromatic rings. The van der Waals surface area contributed by atoms with Crippen molar-refractivity contribution < 1.29 is 29.0 Å². The van der Waals surface area contributed by atoms with E-state index in [2.05, 4.69) is 5.32 Å². The van der Waals surface area contributed by atoms with Crippen LogP contribution in [0.2, 0.25) is 0 Å². The molecule has 2 atom stereocenters. The highest BCUT2D eigenvalue weighted by atomic mass is 32.1. The average Bonchev–Trinajstić information content (AvgIpc) is 2.32. The van der Waals surface area contributed by atoms with Crippen molar-refractivity contribution in [2.24, 2.45) is 11.8 Å². The fourth-order valence-corrected chi connectivity index (χ4v) is 1.94. The standard InChI is InChI=1S/C15H25NO6.H2S/c1-8(2)11(15(20)21)6-13(18)12(16-10(5)17)7-14(19)22-9(3)4;/h8-9,11-12H,6-7H2,1-5H3,(H,16,17)(H,20,21);1H2. The van der Waals surface area contributed by atoms with Crippen LogP contribution >= 0.6 is 13.5 Å². The lowest BCUT2D eigenvalue weighted by molar-refractivity contribution is -0.149. The van der Waals surface area contributed by atoms with Crippen molar-refractivity contribution in [1.29, 1.82) is 0 Å². The number of rotatable bonds is 9. The predicted octanol–water partition coefficient (Wildman–Crippen LogP) is 1.26. The summed E-state index contributed by atoms with van der Waals surface area (Å²) in [5.41, 5.74) is 0. The minimum atomic E-state index is -1.07. The summed E-state index contributed by atoms with van der Waals surface area (Å²) in [6, 6.07) is -1.07. The van der Waals surface area contributed by atoms with Crippen molar-refractivity contribution in [2.75, 3.05) is 0 Å². The van der Waals surface area contributed by atoms with Crippen molar-refractivity contribution in [3.8, 4) is 0 Å². The lowest BCUT2D eigenvalue weighted by Gasteiger charge is -2.20. The van der Waals surface area contributed by atoms with Crippen LogP contribution in [0, 0.1) is 11.8 Å². The van der Waals surface area contributed by atoms with Crippen LogP contribution in [-0.2, 0) is 23.9 Å². The van der Waals surface area contributed by atoms with E-state index in [-0.39, 0.29) is 38.4 Å². The first-order valence-corrected chi connectivity index (χ1v) is 7.26. The van der Waals surface area contributed by atoms with Crippen LogP contribution in [0.5, 0.6) is 0 Å². The molecule has 0 aromatic heterocycles. The zero-order valence-electron chi connectivity index (χ0n) is 14.2. The van der Waals surface area contributed by atoms with Gasteiger partial charge in [0.05, 0.1) is 24.5 Å². The van der Waals surface area contributed by atoms with Crippen LogP contribution in [0.1, 0.15) is 47.5 Å². The number of carboxylic acids is 1. The Bertz CT molecular complexity index is 436. The largest absolute Gasteiger partial charge is 0.481 e. The molecule has 7 nitrogen and oxygen atoms in total. The Labute approximate surface area is 143 Å². The number of esters is 1. The normalized spacial score (nSPS) is 13.0. The number of nitrogens with one attached hydrogen (secondary N) is 1. The highest BCUT2D eigenvalue weighted by molar-refractivity contribution is 7.59. The number of aliphatic carboxylic acids is 1. The van der Waals surface area contributed by atoms with Gasteiger partial charge in [0.2, 0.25) is 5.91 Å². The molecule has 2 unspecified atom stereocenters. The van der Waals surface area contributed by atoms with E-state index in [9.17, 15) is 19.2 Å². The second-order valence-electron chi connectivity index (χ2n) is 5.86. The molecule has 0 bridgehead atoms. The number of ketones is 1. The van der Waals surface area contributed by atoms with Gasteiger partial charge in [0.15, 0.2) is 5.78 Å². The van der Waals surface area contributed by atoms with Gasteiger partial charge in [-0.2, -0.15) is 13.5 Å². The molecule has 0 heterocycles. The molecule has 0 aliphatic carbocycles. The number of hydrogen-bond acceptors (Lipinski definition) is 5. The maximum absolute atomic E-state index is 12.2. The minimum Gasteiger partial charge on any atom is -0.481 e. The fourth-order valence-electron chi connectivity index (χ4n) is 1.94. The van der Waals surface area contributed by atoms with Crippen LogP contribution in [0.25, 0.3) is 0 Å². The molecule has 0 aromatic carbocycles. The third kappa shape index (κ3) is 9.93. The second kappa shape index (κ2) is 11.0. The highest BCUT2D eigenvalue weighted by Gasteiger charge is 2.30. The number of hydrogen-bond donors (Lipinski definition) is 2. The van der Waals surface area contributed by atoms with Crippen LogP contribution in [0.3, 0.4) is 0 Å². The first kappa shape index (κ1) is 23.7. The van der Waals surface area contributed by atoms with Crippen LogP contribution in [0.4, 0.5) is 0 Å². The summed E-state index contributed by atoms with van der Waals surface area (Å²) in [6.45, 7) is 7.98. The number of carboxylic acid groups (broad SMARTS) is 1. The van der Waals surface area contributed by atoms with Crippen molar-refractivity contribution in [2.45, 2.75) is 59.6 Å². The maximum atomic E-state index is 12.2. The lowest BCUT2D eigenvalue weighted by Crippen LogP contribution is -2.43. The van der Waals surface area contributed by atoms with Gasteiger partial charge in [-0.3, -0.25) is 19.2 Å². The summed E-state index contributed by atoms with van der Waals surface area (Å²) >= 11 is 0. The van der Waals surface area contributed by atoms with Gasteiger partial charge in [0.25, 0.3) is 0 Å². The topological polar surface area (TPSA) is 110 Å². The van der Waals surface area contributed by atoms with Gasteiger partial charge in [-0.05, 0) is 19.8 Å². The highest BCUT2D eigenvalue weighted by Crippen LogP contribution is 2.17. The minimum absolute atomic E-state index is 0. The lowest BCUT2D eigenvalue weighted by atomic mass is 9.88. The van der Waals surface area contributed by atoms with E-state index in [4.69, 9.17) is 9.84 Å². The molecule has 0 saturated heterocycles. The Kier molecular flexibility index (Phi) is 11.4. The van der Waals surface area contributed by atoms with Crippen molar-refractivity contribution in [3.05, 3.63) is 0 Å². The summed E-state index contributed by atoms with van der Waals surface area (Å²) in [5.74, 6) is -3.73. The van der Waals surface area contributed by atoms with Gasteiger partial charge in [0.1, 0.15) is 0 Å². The second-order valence-corrected chi connectivity index (χ2v) is 5.86. The van der Waals surface area contributed by atoms with Crippen molar-refractivity contribution in [1.82, 2.24) is 5.32 Å². The number of ether oxygens (including phenoxy) is 1. The Morgan fingerprint density at radius 1 is 1.04 bits per heavy atom. The third-order valence-electron chi connectivity index (χ3n) is 3.05. The zero-order valence-corrected chi connectivity index (χ0v) is 15.2. The van der Waals surface area contributed by atoms with Gasteiger partial charge in [-0.15, -0.1) is 0 Å². The van der Waals surface area contributed by atoms with Gasteiger partial charge >= 0.3 is 11.9 Å². The van der Waals surface area contributed by atoms with Crippen molar-refractivity contribution in [3.63, 3.8) is 0 Å². The third-order valence-corrected chi connectivity index (χ3v) is 3.05. The Morgan fingerprint density at radius 2 is 1.57 bits per heavy atom. The monoisotopic (exact) mass is 349 g/mol. The first-order chi connectivity index (χ1) is 10.0. The average molecular weight is 349 g/mol. The first-order valence-electron chi connectivity index (χ1n) is 7.26. The fraction of sp³-hybridized carbons (Fsp3) is 0.733. The van der Waals surface area contributed by atoms with E-state index >= 15 is 0 Å². The summed E-state index contributed by atoms with van der Waals surface area (Å²) in [5, 5.41) is 11.5. The van der Waals surface area contributed by atoms with Crippen molar-refractivity contribution >= 4 is 37.1 Å². The van der Waals surface area contributed by atoms with Gasteiger partial charge < -0.3 is 15.2 Å². The molecule has 0 saturated carbocycles. The van der Waals surface area contributed by atoms with E-state index in [1.54, 1.807) is 27.7 Å². The van der Waals surface area contributed by atoms with Crippen LogP contribution < -0.4 is 5.32 Å². The van der Waals surface area contributed by atoms with Crippen LogP contribution in [0.15, 0.2) is 0 Å². The van der Waals surface area contributed by atoms with E-state index in [1.165, 1.54) is 6.92 Å². The number of carbonyl (C=O) groups excluding carboxylic acids is 3. The Hall–Kier alpha value is -1.57. The molecular weight excluding hydrogens is 322 g/mol. The van der Waals surface area contributed by atoms with Gasteiger partial charge in [-0.25, -0.2) is 0 Å². The van der Waals surface area contributed by atoms with E-state index in [0.29, 0.717) is 0 Å².